The molecule has 2 N–H and O–H groups in total. The van der Waals surface area contributed by atoms with E-state index >= 15 is 0 Å². The molecule has 9 heteroatoms. The highest BCUT2D eigenvalue weighted by Crippen LogP contribution is 2.46. The lowest BCUT2D eigenvalue weighted by Crippen LogP contribution is -2.51. The lowest BCUT2D eigenvalue weighted by Gasteiger charge is -2.43. The van der Waals surface area contributed by atoms with Crippen molar-refractivity contribution in [2.24, 2.45) is 0 Å². The van der Waals surface area contributed by atoms with Gasteiger partial charge in [-0.1, -0.05) is 18.2 Å². The van der Waals surface area contributed by atoms with Crippen LogP contribution in [0.1, 0.15) is 74.5 Å². The number of fused-ring (bicyclic) bond motifs is 3. The van der Waals surface area contributed by atoms with Crippen molar-refractivity contribution >= 4 is 22.5 Å². The molecule has 0 saturated carbocycles. The first-order chi connectivity index (χ1) is 17.1. The number of rotatable bonds is 5. The summed E-state index contributed by atoms with van der Waals surface area (Å²) in [5.41, 5.74) is 0.737. The third kappa shape index (κ3) is 4.09. The number of aryl methyl sites for hydroxylation is 1. The van der Waals surface area contributed by atoms with E-state index in [9.17, 15) is 23.1 Å². The molecule has 2 aliphatic heterocycles. The molecule has 2 bridgehead atoms. The number of benzene rings is 1. The van der Waals surface area contributed by atoms with Crippen molar-refractivity contribution in [3.8, 4) is 0 Å². The average molecular weight is 499 g/mol. The molecule has 0 radical (unpaired) electrons. The van der Waals surface area contributed by atoms with Gasteiger partial charge in [0, 0.05) is 54.7 Å². The van der Waals surface area contributed by atoms with Gasteiger partial charge < -0.3 is 15.3 Å². The van der Waals surface area contributed by atoms with Gasteiger partial charge in [-0.2, -0.15) is 0 Å². The summed E-state index contributed by atoms with van der Waals surface area (Å²) in [6, 6.07) is 6.88. The quantitative estimate of drug-likeness (QED) is 0.482. The zero-order valence-corrected chi connectivity index (χ0v) is 20.4. The van der Waals surface area contributed by atoms with Crippen LogP contribution < -0.4 is 5.32 Å². The number of pyridine rings is 2. The SMILES string of the molecule is CC(=O)N1C2CCC1CC(O)(c1cc3c(N[C@H](C)c4cccc(C(F)F)c4F)ccnc3c(C)n1)C2. The molecule has 0 aliphatic carbocycles. The summed E-state index contributed by atoms with van der Waals surface area (Å²) in [7, 11) is 0. The number of aromatic nitrogens is 2. The normalized spacial score (nSPS) is 24.4. The average Bonchev–Trinajstić information content (AvgIpc) is 3.11. The van der Waals surface area contributed by atoms with Crippen LogP contribution in [0, 0.1) is 12.7 Å². The second-order valence-corrected chi connectivity index (χ2v) is 10.0. The van der Waals surface area contributed by atoms with Gasteiger partial charge in [0.05, 0.1) is 28.5 Å². The Kier molecular flexibility index (Phi) is 6.14. The Morgan fingerprint density at radius 2 is 1.86 bits per heavy atom. The smallest absolute Gasteiger partial charge is 0.266 e. The Balaban J connectivity index is 1.51. The number of carbonyl (C=O) groups excluding carboxylic acids is 1. The van der Waals surface area contributed by atoms with Gasteiger partial charge in [0.2, 0.25) is 5.91 Å². The largest absolute Gasteiger partial charge is 0.383 e. The van der Waals surface area contributed by atoms with Crippen LogP contribution in [0.4, 0.5) is 18.9 Å². The minimum absolute atomic E-state index is 0.0272. The van der Waals surface area contributed by atoms with E-state index in [4.69, 9.17) is 4.98 Å². The first kappa shape index (κ1) is 24.5. The molecule has 1 aromatic carbocycles. The highest BCUT2D eigenvalue weighted by atomic mass is 19.3. The third-order valence-corrected chi connectivity index (χ3v) is 7.64. The topological polar surface area (TPSA) is 78.4 Å². The predicted octanol–water partition coefficient (Wildman–Crippen LogP) is 5.55. The molecule has 2 saturated heterocycles. The second-order valence-electron chi connectivity index (χ2n) is 10.0. The Labute approximate surface area is 207 Å². The zero-order chi connectivity index (χ0) is 25.8. The number of piperidine rings is 1. The third-order valence-electron chi connectivity index (χ3n) is 7.64. The molecule has 6 nitrogen and oxygen atoms in total. The first-order valence-corrected chi connectivity index (χ1v) is 12.2. The number of hydrogen-bond donors (Lipinski definition) is 2. The lowest BCUT2D eigenvalue weighted by molar-refractivity contribution is -0.139. The molecule has 36 heavy (non-hydrogen) atoms. The van der Waals surface area contributed by atoms with Crippen LogP contribution in [0.2, 0.25) is 0 Å². The predicted molar refractivity (Wildman–Crippen MR) is 130 cm³/mol. The molecule has 3 atom stereocenters. The number of nitrogens with one attached hydrogen (secondary N) is 1. The summed E-state index contributed by atoms with van der Waals surface area (Å²) < 4.78 is 41.2. The van der Waals surface area contributed by atoms with E-state index in [0.717, 1.165) is 18.9 Å². The molecular formula is C27H29F3N4O2. The van der Waals surface area contributed by atoms with Crippen molar-refractivity contribution in [1.29, 1.82) is 0 Å². The van der Waals surface area contributed by atoms with Crippen molar-refractivity contribution in [3.63, 3.8) is 0 Å². The van der Waals surface area contributed by atoms with Gasteiger partial charge in [0.25, 0.3) is 6.43 Å². The highest BCUT2D eigenvalue weighted by Gasteiger charge is 2.50. The summed E-state index contributed by atoms with van der Waals surface area (Å²) >= 11 is 0. The molecule has 2 aromatic heterocycles. The summed E-state index contributed by atoms with van der Waals surface area (Å²) in [5, 5.41) is 15.7. The molecular weight excluding hydrogens is 469 g/mol. The van der Waals surface area contributed by atoms with E-state index in [1.54, 1.807) is 32.2 Å². The molecule has 1 amide bonds. The fourth-order valence-electron chi connectivity index (χ4n) is 6.01. The van der Waals surface area contributed by atoms with Crippen molar-refractivity contribution in [2.45, 2.75) is 76.6 Å². The van der Waals surface area contributed by atoms with Crippen LogP contribution in [-0.4, -0.2) is 38.0 Å². The number of carbonyl (C=O) groups is 1. The number of nitrogens with zero attached hydrogens (tertiary/aromatic N) is 3. The van der Waals surface area contributed by atoms with Gasteiger partial charge in [0.1, 0.15) is 11.4 Å². The van der Waals surface area contributed by atoms with Crippen LogP contribution in [0.25, 0.3) is 10.9 Å². The molecule has 190 valence electrons. The maximum Gasteiger partial charge on any atom is 0.266 e. The van der Waals surface area contributed by atoms with E-state index in [1.165, 1.54) is 12.1 Å². The minimum atomic E-state index is -2.90. The van der Waals surface area contributed by atoms with Gasteiger partial charge in [-0.05, 0) is 38.8 Å². The minimum Gasteiger partial charge on any atom is -0.383 e. The fourth-order valence-corrected chi connectivity index (χ4v) is 6.01. The molecule has 4 heterocycles. The highest BCUT2D eigenvalue weighted by molar-refractivity contribution is 5.92. The number of alkyl halides is 2. The van der Waals surface area contributed by atoms with E-state index in [2.05, 4.69) is 10.3 Å². The van der Waals surface area contributed by atoms with Crippen molar-refractivity contribution in [3.05, 3.63) is 64.9 Å². The lowest BCUT2D eigenvalue weighted by atomic mass is 9.82. The number of anilines is 1. The summed E-state index contributed by atoms with van der Waals surface area (Å²) in [6.45, 7) is 5.09. The van der Waals surface area contributed by atoms with Crippen LogP contribution in [0.3, 0.4) is 0 Å². The van der Waals surface area contributed by atoms with Crippen LogP contribution >= 0.6 is 0 Å². The Bertz CT molecular complexity index is 1320. The maximum atomic E-state index is 14.8. The van der Waals surface area contributed by atoms with Gasteiger partial charge in [-0.15, -0.1) is 0 Å². The summed E-state index contributed by atoms with van der Waals surface area (Å²) in [6.07, 6.45) is 1.24. The van der Waals surface area contributed by atoms with Gasteiger partial charge in [-0.3, -0.25) is 14.8 Å². The first-order valence-electron chi connectivity index (χ1n) is 12.2. The molecule has 2 fully saturated rings. The second kappa shape index (κ2) is 9.03. The number of hydrogen-bond acceptors (Lipinski definition) is 5. The molecule has 2 unspecified atom stereocenters. The van der Waals surface area contributed by atoms with E-state index < -0.39 is 29.4 Å². The van der Waals surface area contributed by atoms with Crippen LogP contribution in [-0.2, 0) is 10.4 Å². The van der Waals surface area contributed by atoms with Gasteiger partial charge in [0.15, 0.2) is 0 Å². The maximum absolute atomic E-state index is 14.8. The fraction of sp³-hybridized carbons (Fsp3) is 0.444. The molecule has 2 aliphatic rings. The summed E-state index contributed by atoms with van der Waals surface area (Å²) in [4.78, 5) is 23.2. The van der Waals surface area contributed by atoms with E-state index in [0.29, 0.717) is 40.8 Å². The standard InChI is InChI=1S/C27H29F3N4O2/c1-14(19-5-4-6-20(24(19)28)26(29)30)32-22-9-10-31-25-15(2)33-23(11-21(22)25)27(36)12-17-7-8-18(13-27)34(17)16(3)35/h4-6,9-11,14,17-18,26,36H,7-8,12-13H2,1-3H3,(H,31,32)/t14-,17?,18?,27?/m1/s1. The van der Waals surface area contributed by atoms with Crippen molar-refractivity contribution < 1.29 is 23.1 Å². The Morgan fingerprint density at radius 1 is 1.19 bits per heavy atom. The van der Waals surface area contributed by atoms with E-state index in [-0.39, 0.29) is 23.6 Å². The van der Waals surface area contributed by atoms with Gasteiger partial charge in [-0.25, -0.2) is 13.2 Å². The molecule has 0 spiro atoms. The van der Waals surface area contributed by atoms with Crippen molar-refractivity contribution in [2.75, 3.05) is 5.32 Å². The van der Waals surface area contributed by atoms with Gasteiger partial charge >= 0.3 is 0 Å². The van der Waals surface area contributed by atoms with Crippen molar-refractivity contribution in [1.82, 2.24) is 14.9 Å². The van der Waals surface area contributed by atoms with Crippen LogP contribution in [0.15, 0.2) is 36.5 Å². The Hall–Kier alpha value is -3.20. The summed E-state index contributed by atoms with van der Waals surface area (Å²) in [5.74, 6) is -0.897. The zero-order valence-electron chi connectivity index (χ0n) is 20.4. The number of halogens is 3. The monoisotopic (exact) mass is 498 g/mol. The number of aliphatic hydroxyl groups is 1. The molecule has 3 aromatic rings. The Morgan fingerprint density at radius 3 is 2.50 bits per heavy atom. The molecule has 5 rings (SSSR count). The number of amides is 1. The van der Waals surface area contributed by atoms with E-state index in [1.807, 2.05) is 11.8 Å². The van der Waals surface area contributed by atoms with Crippen LogP contribution in [0.5, 0.6) is 0 Å².